The number of nitrogens with zero attached hydrogens (tertiary/aromatic N) is 2. The zero-order valence-electron chi connectivity index (χ0n) is 10.6. The Morgan fingerprint density at radius 2 is 2.21 bits per heavy atom. The molecule has 6 heteroatoms. The number of aryl methyl sites for hydroxylation is 2. The van der Waals surface area contributed by atoms with E-state index in [0.717, 1.165) is 11.4 Å². The first-order valence-corrected chi connectivity index (χ1v) is 6.95. The van der Waals surface area contributed by atoms with Crippen LogP contribution in [-0.4, -0.2) is 9.78 Å². The Balaban J connectivity index is 2.28. The Morgan fingerprint density at radius 3 is 2.74 bits per heavy atom. The van der Waals surface area contributed by atoms with Gasteiger partial charge in [-0.2, -0.15) is 5.10 Å². The van der Waals surface area contributed by atoms with Crippen molar-refractivity contribution < 1.29 is 4.39 Å². The molecule has 0 saturated heterocycles. The van der Waals surface area contributed by atoms with Crippen LogP contribution in [0.3, 0.4) is 0 Å². The summed E-state index contributed by atoms with van der Waals surface area (Å²) in [5, 5.41) is 4.81. The minimum Gasteiger partial charge on any atom is -0.324 e. The van der Waals surface area contributed by atoms with Crippen LogP contribution in [0.15, 0.2) is 22.7 Å². The van der Waals surface area contributed by atoms with Gasteiger partial charge < -0.3 is 5.73 Å². The average molecular weight is 347 g/mol. The van der Waals surface area contributed by atoms with E-state index in [-0.39, 0.29) is 5.82 Å². The van der Waals surface area contributed by atoms with Crippen molar-refractivity contribution in [2.75, 3.05) is 0 Å². The summed E-state index contributed by atoms with van der Waals surface area (Å²) in [5.74, 6) is -0.322. The van der Waals surface area contributed by atoms with Crippen molar-refractivity contribution in [2.24, 2.45) is 12.8 Å². The molecule has 2 rings (SSSR count). The lowest BCUT2D eigenvalue weighted by molar-refractivity contribution is 0.568. The molecule has 1 atom stereocenters. The van der Waals surface area contributed by atoms with Gasteiger partial charge in [-0.1, -0.05) is 33.6 Å². The second-order valence-corrected chi connectivity index (χ2v) is 5.74. The Hall–Kier alpha value is -0.910. The van der Waals surface area contributed by atoms with Crippen LogP contribution in [0.25, 0.3) is 0 Å². The Labute approximate surface area is 124 Å². The van der Waals surface area contributed by atoms with Crippen LogP contribution < -0.4 is 5.73 Å². The SMILES string of the molecule is Cc1nn(C)c(CC(N)c2ccc(Br)cc2F)c1Cl. The summed E-state index contributed by atoms with van der Waals surface area (Å²) in [4.78, 5) is 0. The Morgan fingerprint density at radius 1 is 1.53 bits per heavy atom. The van der Waals surface area contributed by atoms with E-state index in [1.165, 1.54) is 6.07 Å². The van der Waals surface area contributed by atoms with Crippen LogP contribution in [0.1, 0.15) is 23.0 Å². The molecule has 0 radical (unpaired) electrons. The molecule has 1 heterocycles. The highest BCUT2D eigenvalue weighted by atomic mass is 79.9. The lowest BCUT2D eigenvalue weighted by atomic mass is 10.0. The van der Waals surface area contributed by atoms with Crippen LogP contribution in [0.2, 0.25) is 5.02 Å². The third-order valence-electron chi connectivity index (χ3n) is 3.04. The topological polar surface area (TPSA) is 43.8 Å². The summed E-state index contributed by atoms with van der Waals surface area (Å²) < 4.78 is 16.2. The largest absolute Gasteiger partial charge is 0.324 e. The van der Waals surface area contributed by atoms with E-state index in [1.807, 2.05) is 6.92 Å². The predicted octanol–water partition coefficient (Wildman–Crippen LogP) is 3.53. The van der Waals surface area contributed by atoms with Gasteiger partial charge >= 0.3 is 0 Å². The molecule has 0 fully saturated rings. The van der Waals surface area contributed by atoms with Crippen LogP contribution >= 0.6 is 27.5 Å². The summed E-state index contributed by atoms with van der Waals surface area (Å²) in [7, 11) is 1.80. The quantitative estimate of drug-likeness (QED) is 0.924. The van der Waals surface area contributed by atoms with Gasteiger partial charge in [-0.15, -0.1) is 0 Å². The van der Waals surface area contributed by atoms with Crippen molar-refractivity contribution in [3.63, 3.8) is 0 Å². The molecule has 3 nitrogen and oxygen atoms in total. The number of nitrogens with two attached hydrogens (primary N) is 1. The van der Waals surface area contributed by atoms with E-state index < -0.39 is 6.04 Å². The molecule has 2 aromatic rings. The van der Waals surface area contributed by atoms with E-state index in [0.29, 0.717) is 21.5 Å². The molecule has 1 unspecified atom stereocenters. The number of hydrogen-bond acceptors (Lipinski definition) is 2. The second-order valence-electron chi connectivity index (χ2n) is 4.45. The summed E-state index contributed by atoms with van der Waals surface area (Å²) >= 11 is 9.39. The second kappa shape index (κ2) is 5.61. The molecule has 2 N–H and O–H groups in total. The van der Waals surface area contributed by atoms with Crippen LogP contribution in [0.5, 0.6) is 0 Å². The van der Waals surface area contributed by atoms with E-state index in [4.69, 9.17) is 17.3 Å². The molecule has 19 heavy (non-hydrogen) atoms. The minimum atomic E-state index is -0.458. The lowest BCUT2D eigenvalue weighted by Crippen LogP contribution is -2.17. The first-order chi connectivity index (χ1) is 8.90. The third-order valence-corrected chi connectivity index (χ3v) is 4.02. The van der Waals surface area contributed by atoms with Gasteiger partial charge in [-0.25, -0.2) is 4.39 Å². The standard InChI is InChI=1S/C13H14BrClFN3/c1-7-13(15)12(19(2)18-7)6-11(17)9-4-3-8(14)5-10(9)16/h3-5,11H,6,17H2,1-2H3. The summed E-state index contributed by atoms with van der Waals surface area (Å²) in [6.07, 6.45) is 0.439. The zero-order chi connectivity index (χ0) is 14.2. The van der Waals surface area contributed by atoms with Crippen molar-refractivity contribution in [3.8, 4) is 0 Å². The van der Waals surface area contributed by atoms with Gasteiger partial charge in [0.1, 0.15) is 5.82 Å². The monoisotopic (exact) mass is 345 g/mol. The van der Waals surface area contributed by atoms with Gasteiger partial charge in [0, 0.05) is 29.5 Å². The lowest BCUT2D eigenvalue weighted by Gasteiger charge is -2.13. The van der Waals surface area contributed by atoms with Gasteiger partial charge in [-0.3, -0.25) is 4.68 Å². The number of hydrogen-bond donors (Lipinski definition) is 1. The highest BCUT2D eigenvalue weighted by Gasteiger charge is 2.18. The van der Waals surface area contributed by atoms with Gasteiger partial charge in [0.25, 0.3) is 0 Å². The number of aromatic nitrogens is 2. The van der Waals surface area contributed by atoms with Crippen LogP contribution in [-0.2, 0) is 13.5 Å². The van der Waals surface area contributed by atoms with Gasteiger partial charge in [-0.05, 0) is 19.1 Å². The smallest absolute Gasteiger partial charge is 0.129 e. The Bertz CT molecular complexity index is 612. The molecule has 0 aliphatic carbocycles. The maximum atomic E-state index is 13.8. The molecule has 0 spiro atoms. The number of benzene rings is 1. The van der Waals surface area contributed by atoms with Gasteiger partial charge in [0.15, 0.2) is 0 Å². The van der Waals surface area contributed by atoms with Gasteiger partial charge in [0.05, 0.1) is 16.4 Å². The highest BCUT2D eigenvalue weighted by molar-refractivity contribution is 9.10. The van der Waals surface area contributed by atoms with E-state index >= 15 is 0 Å². The average Bonchev–Trinajstić information content (AvgIpc) is 2.56. The molecular formula is C13H14BrClFN3. The van der Waals surface area contributed by atoms with Crippen molar-refractivity contribution in [2.45, 2.75) is 19.4 Å². The maximum absolute atomic E-state index is 13.8. The predicted molar refractivity (Wildman–Crippen MR) is 77.7 cm³/mol. The zero-order valence-corrected chi connectivity index (χ0v) is 13.0. The maximum Gasteiger partial charge on any atom is 0.129 e. The number of rotatable bonds is 3. The van der Waals surface area contributed by atoms with E-state index in [1.54, 1.807) is 23.9 Å². The minimum absolute atomic E-state index is 0.322. The molecule has 0 saturated carbocycles. The fourth-order valence-electron chi connectivity index (χ4n) is 2.02. The highest BCUT2D eigenvalue weighted by Crippen LogP contribution is 2.26. The summed E-state index contributed by atoms with van der Waals surface area (Å²) in [5.41, 5.74) is 8.11. The normalized spacial score (nSPS) is 12.7. The first kappa shape index (κ1) is 14.5. The molecule has 102 valence electrons. The van der Waals surface area contributed by atoms with E-state index in [9.17, 15) is 4.39 Å². The van der Waals surface area contributed by atoms with Gasteiger partial charge in [0.2, 0.25) is 0 Å². The summed E-state index contributed by atoms with van der Waals surface area (Å²) in [6, 6.07) is 4.40. The molecular weight excluding hydrogens is 333 g/mol. The Kier molecular flexibility index (Phi) is 4.28. The number of halogens is 3. The molecule has 0 aliphatic rings. The first-order valence-electron chi connectivity index (χ1n) is 5.78. The van der Waals surface area contributed by atoms with Crippen molar-refractivity contribution in [1.29, 1.82) is 0 Å². The molecule has 1 aromatic heterocycles. The van der Waals surface area contributed by atoms with E-state index in [2.05, 4.69) is 21.0 Å². The molecule has 0 amide bonds. The fraction of sp³-hybridized carbons (Fsp3) is 0.308. The van der Waals surface area contributed by atoms with Crippen LogP contribution in [0.4, 0.5) is 4.39 Å². The molecule has 0 aliphatic heterocycles. The molecule has 0 bridgehead atoms. The fourth-order valence-corrected chi connectivity index (χ4v) is 2.59. The summed E-state index contributed by atoms with van der Waals surface area (Å²) in [6.45, 7) is 1.83. The van der Waals surface area contributed by atoms with Crippen molar-refractivity contribution in [3.05, 3.63) is 50.5 Å². The molecule has 1 aromatic carbocycles. The van der Waals surface area contributed by atoms with Crippen LogP contribution in [0, 0.1) is 12.7 Å². The van der Waals surface area contributed by atoms with Crippen molar-refractivity contribution in [1.82, 2.24) is 9.78 Å². The van der Waals surface area contributed by atoms with Crippen molar-refractivity contribution >= 4 is 27.5 Å². The third kappa shape index (κ3) is 2.99.